The summed E-state index contributed by atoms with van der Waals surface area (Å²) in [6.45, 7) is 4.22. The summed E-state index contributed by atoms with van der Waals surface area (Å²) in [5.41, 5.74) is 0.0451. The van der Waals surface area contributed by atoms with Crippen LogP contribution in [0.2, 0.25) is 0 Å². The molecule has 2 unspecified atom stereocenters. The number of rotatable bonds is 1. The van der Waals surface area contributed by atoms with Gasteiger partial charge in [-0.2, -0.15) is 0 Å². The Morgan fingerprint density at radius 1 is 1.19 bits per heavy atom. The molecule has 2 aliphatic heterocycles. The molecule has 2 aromatic rings. The van der Waals surface area contributed by atoms with E-state index in [2.05, 4.69) is 4.98 Å². The van der Waals surface area contributed by atoms with Crippen LogP contribution in [0.3, 0.4) is 0 Å². The maximum Gasteiger partial charge on any atom is 0.296 e. The van der Waals surface area contributed by atoms with Gasteiger partial charge in [0.05, 0.1) is 25.9 Å². The molecule has 1 saturated carbocycles. The van der Waals surface area contributed by atoms with Crippen molar-refractivity contribution in [2.24, 2.45) is 11.8 Å². The van der Waals surface area contributed by atoms with Crippen LogP contribution in [0, 0.1) is 24.6 Å². The summed E-state index contributed by atoms with van der Waals surface area (Å²) >= 11 is 0. The highest BCUT2D eigenvalue weighted by Crippen LogP contribution is 2.44. The third-order valence-electron chi connectivity index (χ3n) is 7.87. The Balaban J connectivity index is 1.61. The Hall–Kier alpha value is -3.27. The summed E-state index contributed by atoms with van der Waals surface area (Å²) in [6, 6.07) is 1.90. The third kappa shape index (κ3) is 4.63. The molecule has 0 saturated heterocycles. The second-order valence-corrected chi connectivity index (χ2v) is 10.3. The second-order valence-electron chi connectivity index (χ2n) is 10.3. The number of halogens is 1. The Morgan fingerprint density at radius 3 is 2.73 bits per heavy atom. The molecule has 3 aliphatic rings. The highest BCUT2D eigenvalue weighted by atomic mass is 19.1. The van der Waals surface area contributed by atoms with Crippen molar-refractivity contribution in [1.82, 2.24) is 14.5 Å². The zero-order valence-corrected chi connectivity index (χ0v) is 21.3. The number of aryl methyl sites for hydroxylation is 2. The van der Waals surface area contributed by atoms with Crippen molar-refractivity contribution < 1.29 is 28.6 Å². The minimum Gasteiger partial charge on any atom is -0.501 e. The Labute approximate surface area is 214 Å². The molecule has 1 amide bonds. The number of carbonyl (C=O) groups excluding carboxylic acids is 2. The van der Waals surface area contributed by atoms with Gasteiger partial charge in [0.15, 0.2) is 11.5 Å². The van der Waals surface area contributed by atoms with Crippen molar-refractivity contribution in [3.63, 3.8) is 0 Å². The number of hydrogen-bond acceptors (Lipinski definition) is 7. The molecule has 198 valence electrons. The molecule has 3 heterocycles. The maximum atomic E-state index is 14.3. The number of nitrogens with zero attached hydrogens (tertiary/aromatic N) is 3. The fourth-order valence-electron chi connectivity index (χ4n) is 5.40. The van der Waals surface area contributed by atoms with Gasteiger partial charge in [0.2, 0.25) is 11.7 Å². The first-order valence-electron chi connectivity index (χ1n) is 12.9. The van der Waals surface area contributed by atoms with E-state index in [4.69, 9.17) is 9.47 Å². The molecular weight excluding hydrogens is 481 g/mol. The normalized spacial score (nSPS) is 26.1. The van der Waals surface area contributed by atoms with Gasteiger partial charge in [-0.05, 0) is 55.7 Å². The van der Waals surface area contributed by atoms with E-state index in [1.807, 2.05) is 6.92 Å². The van der Waals surface area contributed by atoms with Crippen LogP contribution in [0.5, 0.6) is 11.5 Å². The predicted octanol–water partition coefficient (Wildman–Crippen LogP) is 3.11. The first-order valence-corrected chi connectivity index (χ1v) is 12.9. The smallest absolute Gasteiger partial charge is 0.296 e. The van der Waals surface area contributed by atoms with E-state index in [1.54, 1.807) is 24.9 Å². The van der Waals surface area contributed by atoms with Crippen LogP contribution in [0.1, 0.15) is 72.1 Å². The minimum atomic E-state index is -0.719. The molecule has 5 rings (SSSR count). The predicted molar refractivity (Wildman–Crippen MR) is 131 cm³/mol. The van der Waals surface area contributed by atoms with Gasteiger partial charge in [-0.3, -0.25) is 19.0 Å². The molecule has 37 heavy (non-hydrogen) atoms. The highest BCUT2D eigenvalue weighted by molar-refractivity contribution is 5.96. The van der Waals surface area contributed by atoms with Gasteiger partial charge in [0.1, 0.15) is 23.4 Å². The van der Waals surface area contributed by atoms with Crippen molar-refractivity contribution in [1.29, 1.82) is 0 Å². The van der Waals surface area contributed by atoms with Crippen molar-refractivity contribution in [3.8, 4) is 11.5 Å². The Morgan fingerprint density at radius 2 is 1.97 bits per heavy atom. The molecule has 4 atom stereocenters. The number of Topliss-reactive ketones (excluding diaryl/α,β-unsaturated/α-hetero) is 1. The SMILES string of the molecule is CC[C@H]1COC[C@@H]2c3nc(c(O)c(=O)n31)C(=O)CCc1cc(C)c(F)cc1OCCC1CC1C(=O)N2C. The number of aromatic nitrogens is 2. The minimum absolute atomic E-state index is 0.0667. The Bertz CT molecular complexity index is 1310. The quantitative estimate of drug-likeness (QED) is 0.624. The maximum absolute atomic E-state index is 14.3. The van der Waals surface area contributed by atoms with E-state index in [9.17, 15) is 23.9 Å². The van der Waals surface area contributed by atoms with Gasteiger partial charge in [0.25, 0.3) is 5.56 Å². The molecule has 9 nitrogen and oxygen atoms in total. The van der Waals surface area contributed by atoms with Crippen LogP contribution in [0.15, 0.2) is 16.9 Å². The van der Waals surface area contributed by atoms with Crippen LogP contribution in [0.4, 0.5) is 4.39 Å². The molecule has 1 aromatic heterocycles. The molecule has 1 aromatic carbocycles. The molecular formula is C27H32FN3O6. The van der Waals surface area contributed by atoms with Crippen LogP contribution in [-0.2, 0) is 16.0 Å². The fraction of sp³-hybridized carbons (Fsp3) is 0.556. The molecule has 1 fully saturated rings. The average Bonchev–Trinajstić information content (AvgIpc) is 3.67. The average molecular weight is 514 g/mol. The summed E-state index contributed by atoms with van der Waals surface area (Å²) in [6.07, 6.45) is 2.06. The molecule has 0 radical (unpaired) electrons. The van der Waals surface area contributed by atoms with Gasteiger partial charge in [-0.1, -0.05) is 6.92 Å². The number of ether oxygens (including phenoxy) is 2. The topological polar surface area (TPSA) is 111 Å². The molecule has 1 N–H and O–H groups in total. The van der Waals surface area contributed by atoms with E-state index < -0.39 is 29.0 Å². The highest BCUT2D eigenvalue weighted by Gasteiger charge is 2.46. The molecule has 1 aliphatic carbocycles. The Kier molecular flexibility index (Phi) is 6.78. The first-order chi connectivity index (χ1) is 17.7. The number of carbonyl (C=O) groups is 2. The van der Waals surface area contributed by atoms with Gasteiger partial charge in [-0.15, -0.1) is 0 Å². The summed E-state index contributed by atoms with van der Waals surface area (Å²) in [5.74, 6) is -1.18. The molecule has 0 spiro atoms. The van der Waals surface area contributed by atoms with Crippen molar-refractivity contribution in [2.45, 2.75) is 58.0 Å². The zero-order chi connectivity index (χ0) is 26.4. The van der Waals surface area contributed by atoms with E-state index in [0.717, 1.165) is 0 Å². The number of amides is 1. The summed E-state index contributed by atoms with van der Waals surface area (Å²) in [5, 5.41) is 10.8. The monoisotopic (exact) mass is 513 g/mol. The third-order valence-corrected chi connectivity index (χ3v) is 7.87. The van der Waals surface area contributed by atoms with E-state index in [-0.39, 0.29) is 61.4 Å². The zero-order valence-electron chi connectivity index (χ0n) is 21.3. The van der Waals surface area contributed by atoms with Gasteiger partial charge in [0, 0.05) is 25.5 Å². The summed E-state index contributed by atoms with van der Waals surface area (Å²) < 4.78 is 27.4. The van der Waals surface area contributed by atoms with Crippen molar-refractivity contribution in [3.05, 3.63) is 50.9 Å². The summed E-state index contributed by atoms with van der Waals surface area (Å²) in [7, 11) is 1.66. The van der Waals surface area contributed by atoms with Crippen LogP contribution in [-0.4, -0.2) is 58.1 Å². The molecule has 2 bridgehead atoms. The van der Waals surface area contributed by atoms with Gasteiger partial charge in [-0.25, -0.2) is 9.37 Å². The van der Waals surface area contributed by atoms with Gasteiger partial charge >= 0.3 is 0 Å². The second kappa shape index (κ2) is 9.89. The van der Waals surface area contributed by atoms with Crippen molar-refractivity contribution >= 4 is 11.7 Å². The van der Waals surface area contributed by atoms with Crippen molar-refractivity contribution in [2.75, 3.05) is 26.9 Å². The van der Waals surface area contributed by atoms with E-state index in [1.165, 1.54) is 10.6 Å². The van der Waals surface area contributed by atoms with Crippen LogP contribution in [0.25, 0.3) is 0 Å². The number of hydrogen-bond donors (Lipinski definition) is 1. The number of aromatic hydroxyl groups is 1. The lowest BCUT2D eigenvalue weighted by molar-refractivity contribution is -0.135. The number of benzene rings is 1. The number of fused-ring (bicyclic) bond motifs is 3. The largest absolute Gasteiger partial charge is 0.501 e. The standard InChI is InChI=1S/C27H32FN3O6/c1-4-17-12-36-13-20-25-29-23(24(33)27(35)31(17)25)21(32)6-5-16-9-14(2)19(28)11-22(16)37-8-7-15-10-18(15)26(34)30(20)3/h9,11,15,17-18,20,33H,4-8,10,12-13H2,1-3H3/t15?,17-,18?,20+/m0/s1. The number of likely N-dealkylation sites (N-methyl/N-ethyl adjacent to an activating group) is 1. The van der Waals surface area contributed by atoms with E-state index in [0.29, 0.717) is 42.7 Å². The van der Waals surface area contributed by atoms with Gasteiger partial charge < -0.3 is 19.5 Å². The lowest BCUT2D eigenvalue weighted by Gasteiger charge is -2.29. The molecule has 10 heteroatoms. The first kappa shape index (κ1) is 25.4. The lowest BCUT2D eigenvalue weighted by Crippen LogP contribution is -2.39. The number of ketones is 1. The van der Waals surface area contributed by atoms with E-state index >= 15 is 0 Å². The fourth-order valence-corrected chi connectivity index (χ4v) is 5.40. The lowest BCUT2D eigenvalue weighted by atomic mass is 10.0. The van der Waals surface area contributed by atoms with Crippen LogP contribution >= 0.6 is 0 Å². The van der Waals surface area contributed by atoms with Crippen LogP contribution < -0.4 is 10.3 Å². The summed E-state index contributed by atoms with van der Waals surface area (Å²) in [4.78, 5) is 46.1.